The van der Waals surface area contributed by atoms with Gasteiger partial charge in [0.15, 0.2) is 17.6 Å². The largest absolute Gasteiger partial charge is 0.504 e. The third-order valence-corrected chi connectivity index (χ3v) is 4.23. The highest BCUT2D eigenvalue weighted by molar-refractivity contribution is 5.86. The fourth-order valence-electron chi connectivity index (χ4n) is 2.76. The monoisotopic (exact) mass is 441 g/mol. The molecule has 0 heterocycles. The molecular formula is C22H23N3O7. The van der Waals surface area contributed by atoms with Crippen molar-refractivity contribution in [3.63, 3.8) is 0 Å². The molecule has 0 saturated heterocycles. The Labute approximate surface area is 184 Å². The fourth-order valence-corrected chi connectivity index (χ4v) is 2.76. The second-order valence-corrected chi connectivity index (χ2v) is 6.33. The van der Waals surface area contributed by atoms with Crippen LogP contribution in [0.3, 0.4) is 0 Å². The first kappa shape index (κ1) is 24.2. The van der Waals surface area contributed by atoms with Crippen LogP contribution in [0.2, 0.25) is 0 Å². The van der Waals surface area contributed by atoms with Crippen molar-refractivity contribution in [3.8, 4) is 17.6 Å². The highest BCUT2D eigenvalue weighted by Gasteiger charge is 2.27. The third-order valence-electron chi connectivity index (χ3n) is 4.23. The number of anilines is 1. The van der Waals surface area contributed by atoms with Crippen molar-refractivity contribution in [1.82, 2.24) is 5.48 Å². The molecule has 0 aliphatic rings. The molecule has 0 aromatic heterocycles. The number of ether oxygens (including phenoxy) is 3. The van der Waals surface area contributed by atoms with Crippen molar-refractivity contribution in [2.24, 2.45) is 0 Å². The van der Waals surface area contributed by atoms with E-state index in [0.717, 1.165) is 6.08 Å². The Bertz CT molecular complexity index is 1000. The molecule has 0 aliphatic carbocycles. The van der Waals surface area contributed by atoms with E-state index in [1.54, 1.807) is 25.1 Å². The number of phenols is 1. The highest BCUT2D eigenvalue weighted by atomic mass is 16.6. The van der Waals surface area contributed by atoms with Gasteiger partial charge >= 0.3 is 6.09 Å². The number of phenolic OH excluding ortho intramolecular Hbond substituents is 1. The van der Waals surface area contributed by atoms with Crippen LogP contribution >= 0.6 is 0 Å². The molecule has 0 radical (unpaired) electrons. The molecule has 0 unspecified atom stereocenters. The second kappa shape index (κ2) is 11.9. The Morgan fingerprint density at radius 1 is 1.22 bits per heavy atom. The molecule has 0 saturated carbocycles. The van der Waals surface area contributed by atoms with Gasteiger partial charge in [0.25, 0.3) is 5.91 Å². The Balaban J connectivity index is 2.33. The topological polar surface area (TPSA) is 150 Å². The standard InChI is InChI=1S/C22H23N3O7/c1-3-31-19(10-11-20(27)25-29)21(15-6-9-18(30-2)17(26)12-15)32-22(28)24-16-7-4-14(13-23)5-8-16/h4-12,19,21,26,29H,3H2,1-2H3,(H,24,28)(H,25,27)/b11-10+/t19-,21-/m1/s1. The van der Waals surface area contributed by atoms with Crippen LogP contribution in [-0.2, 0) is 14.3 Å². The maximum atomic E-state index is 12.6. The van der Waals surface area contributed by atoms with Crippen LogP contribution in [0, 0.1) is 11.3 Å². The Morgan fingerprint density at radius 3 is 2.50 bits per heavy atom. The van der Waals surface area contributed by atoms with E-state index in [1.807, 2.05) is 6.07 Å². The van der Waals surface area contributed by atoms with Crippen molar-refractivity contribution in [2.75, 3.05) is 19.0 Å². The Hall–Kier alpha value is -4.07. The van der Waals surface area contributed by atoms with Crippen LogP contribution in [0.4, 0.5) is 10.5 Å². The summed E-state index contributed by atoms with van der Waals surface area (Å²) in [7, 11) is 1.40. The minimum absolute atomic E-state index is 0.182. The number of amides is 2. The lowest BCUT2D eigenvalue weighted by Crippen LogP contribution is -2.28. The van der Waals surface area contributed by atoms with E-state index >= 15 is 0 Å². The number of carbonyl (C=O) groups is 2. The van der Waals surface area contributed by atoms with Crippen LogP contribution in [0.15, 0.2) is 54.6 Å². The quantitative estimate of drug-likeness (QED) is 0.263. The number of hydrogen-bond donors (Lipinski definition) is 4. The van der Waals surface area contributed by atoms with E-state index in [9.17, 15) is 14.7 Å². The minimum atomic E-state index is -1.08. The number of nitrogens with one attached hydrogen (secondary N) is 2. The van der Waals surface area contributed by atoms with E-state index in [-0.39, 0.29) is 18.1 Å². The van der Waals surface area contributed by atoms with Gasteiger partial charge in [-0.25, -0.2) is 10.3 Å². The average molecular weight is 441 g/mol. The highest BCUT2D eigenvalue weighted by Crippen LogP contribution is 2.33. The lowest BCUT2D eigenvalue weighted by atomic mass is 10.0. The summed E-state index contributed by atoms with van der Waals surface area (Å²) in [5, 5.41) is 30.3. The van der Waals surface area contributed by atoms with Gasteiger partial charge in [0, 0.05) is 18.4 Å². The second-order valence-electron chi connectivity index (χ2n) is 6.33. The van der Waals surface area contributed by atoms with Crippen molar-refractivity contribution >= 4 is 17.7 Å². The predicted molar refractivity (Wildman–Crippen MR) is 113 cm³/mol. The molecule has 0 aliphatic heterocycles. The van der Waals surface area contributed by atoms with Gasteiger partial charge in [-0.1, -0.05) is 6.07 Å². The number of hydroxylamine groups is 1. The smallest absolute Gasteiger partial charge is 0.412 e. The van der Waals surface area contributed by atoms with E-state index in [1.165, 1.54) is 42.9 Å². The normalized spacial score (nSPS) is 12.4. The summed E-state index contributed by atoms with van der Waals surface area (Å²) in [4.78, 5) is 24.0. The summed E-state index contributed by atoms with van der Waals surface area (Å²) in [6.07, 6.45) is -0.501. The number of aromatic hydroxyl groups is 1. The molecule has 2 amide bonds. The first-order valence-corrected chi connectivity index (χ1v) is 9.50. The Morgan fingerprint density at radius 2 is 1.94 bits per heavy atom. The number of hydrogen-bond acceptors (Lipinski definition) is 8. The summed E-state index contributed by atoms with van der Waals surface area (Å²) >= 11 is 0. The van der Waals surface area contributed by atoms with Crippen LogP contribution in [0.5, 0.6) is 11.5 Å². The number of carbonyl (C=O) groups excluding carboxylic acids is 2. The van der Waals surface area contributed by atoms with E-state index in [2.05, 4.69) is 5.32 Å². The summed E-state index contributed by atoms with van der Waals surface area (Å²) in [6, 6.07) is 12.6. The molecule has 0 bridgehead atoms. The molecule has 168 valence electrons. The number of rotatable bonds is 9. The number of nitriles is 1. The van der Waals surface area contributed by atoms with Crippen molar-refractivity contribution in [2.45, 2.75) is 19.1 Å². The maximum Gasteiger partial charge on any atom is 0.412 e. The van der Waals surface area contributed by atoms with Gasteiger partial charge in [-0.15, -0.1) is 0 Å². The van der Waals surface area contributed by atoms with Crippen molar-refractivity contribution in [1.29, 1.82) is 5.26 Å². The zero-order chi connectivity index (χ0) is 23.5. The van der Waals surface area contributed by atoms with Crippen LogP contribution in [0.25, 0.3) is 0 Å². The first-order chi connectivity index (χ1) is 15.4. The molecule has 10 heteroatoms. The molecule has 10 nitrogen and oxygen atoms in total. The molecule has 4 N–H and O–H groups in total. The minimum Gasteiger partial charge on any atom is -0.504 e. The van der Waals surface area contributed by atoms with Crippen molar-refractivity contribution < 1.29 is 34.1 Å². The van der Waals surface area contributed by atoms with Crippen LogP contribution < -0.4 is 15.5 Å². The molecule has 2 aromatic rings. The summed E-state index contributed by atoms with van der Waals surface area (Å²) < 4.78 is 16.2. The van der Waals surface area contributed by atoms with Gasteiger partial charge < -0.3 is 19.3 Å². The molecule has 0 spiro atoms. The zero-order valence-corrected chi connectivity index (χ0v) is 17.4. The summed E-state index contributed by atoms with van der Waals surface area (Å²) in [6.45, 7) is 1.93. The predicted octanol–water partition coefficient (Wildman–Crippen LogP) is 3.03. The number of benzene rings is 2. The lowest BCUT2D eigenvalue weighted by Gasteiger charge is -2.25. The SMILES string of the molecule is CCO[C@H](/C=C/C(=O)NO)[C@H](OC(=O)Nc1ccc(C#N)cc1)c1ccc(OC)c(O)c1. The molecule has 2 aromatic carbocycles. The number of nitrogens with zero attached hydrogens (tertiary/aromatic N) is 1. The zero-order valence-electron chi connectivity index (χ0n) is 17.4. The van der Waals surface area contributed by atoms with E-state index in [4.69, 9.17) is 24.7 Å². The van der Waals surface area contributed by atoms with E-state index in [0.29, 0.717) is 16.8 Å². The summed E-state index contributed by atoms with van der Waals surface area (Å²) in [5.41, 5.74) is 2.66. The average Bonchev–Trinajstić information content (AvgIpc) is 2.80. The maximum absolute atomic E-state index is 12.6. The van der Waals surface area contributed by atoms with Crippen LogP contribution in [-0.4, -0.2) is 42.1 Å². The van der Waals surface area contributed by atoms with Crippen molar-refractivity contribution in [3.05, 3.63) is 65.7 Å². The molecular weight excluding hydrogens is 418 g/mol. The summed E-state index contributed by atoms with van der Waals surface area (Å²) in [5.74, 6) is -0.760. The van der Waals surface area contributed by atoms with Gasteiger partial charge in [0.05, 0.1) is 18.7 Å². The van der Waals surface area contributed by atoms with Gasteiger partial charge in [-0.2, -0.15) is 5.26 Å². The molecule has 2 atom stereocenters. The molecule has 2 rings (SSSR count). The lowest BCUT2D eigenvalue weighted by molar-refractivity contribution is -0.124. The van der Waals surface area contributed by atoms with Gasteiger partial charge in [-0.3, -0.25) is 15.3 Å². The van der Waals surface area contributed by atoms with Crippen LogP contribution in [0.1, 0.15) is 24.2 Å². The van der Waals surface area contributed by atoms with Gasteiger partial charge in [0.2, 0.25) is 0 Å². The Kier molecular flexibility index (Phi) is 9.04. The molecule has 32 heavy (non-hydrogen) atoms. The third kappa shape index (κ3) is 6.73. The first-order valence-electron chi connectivity index (χ1n) is 9.50. The fraction of sp³-hybridized carbons (Fsp3) is 0.227. The van der Waals surface area contributed by atoms with Gasteiger partial charge in [-0.05, 0) is 55.0 Å². The van der Waals surface area contributed by atoms with E-state index < -0.39 is 24.2 Å². The molecule has 0 fully saturated rings. The van der Waals surface area contributed by atoms with Gasteiger partial charge in [0.1, 0.15) is 6.10 Å². The number of methoxy groups -OCH3 is 1.